The van der Waals surface area contributed by atoms with E-state index in [1.165, 1.54) is 0 Å². The van der Waals surface area contributed by atoms with Crippen molar-refractivity contribution in [1.82, 2.24) is 10.1 Å². The van der Waals surface area contributed by atoms with Crippen LogP contribution in [0.1, 0.15) is 54.7 Å². The smallest absolute Gasteiger partial charge is 0.409 e. The van der Waals surface area contributed by atoms with E-state index in [9.17, 15) is 15.2 Å². The first kappa shape index (κ1) is 22.7. The van der Waals surface area contributed by atoms with Crippen LogP contribution >= 0.6 is 0 Å². The molecule has 1 amide bonds. The van der Waals surface area contributed by atoms with E-state index in [2.05, 4.69) is 53.4 Å². The van der Waals surface area contributed by atoms with E-state index in [1.807, 2.05) is 26.0 Å². The fourth-order valence-electron chi connectivity index (χ4n) is 6.22. The Bertz CT molecular complexity index is 1370. The fourth-order valence-corrected chi connectivity index (χ4v) is 6.22. The minimum absolute atomic E-state index is 0.0348. The van der Waals surface area contributed by atoms with Crippen LogP contribution in [0.5, 0.6) is 0 Å². The molecule has 7 nitrogen and oxygen atoms in total. The van der Waals surface area contributed by atoms with Crippen molar-refractivity contribution in [2.45, 2.75) is 64.5 Å². The van der Waals surface area contributed by atoms with Gasteiger partial charge in [-0.25, -0.2) is 4.79 Å². The van der Waals surface area contributed by atoms with Gasteiger partial charge in [-0.2, -0.15) is 5.26 Å². The molecule has 7 heteroatoms. The summed E-state index contributed by atoms with van der Waals surface area (Å²) in [6.45, 7) is 6.49. The second-order valence-corrected chi connectivity index (χ2v) is 10.8. The summed E-state index contributed by atoms with van der Waals surface area (Å²) >= 11 is 0. The number of rotatable bonds is 5. The molecule has 1 saturated heterocycles. The molecule has 1 atom stereocenters. The quantitative estimate of drug-likeness (QED) is 0.449. The molecule has 1 spiro atoms. The molecule has 0 bridgehead atoms. The highest BCUT2D eigenvalue weighted by molar-refractivity contribution is 5.79. The Kier molecular flexibility index (Phi) is 4.95. The van der Waals surface area contributed by atoms with Crippen LogP contribution in [0.15, 0.2) is 47.0 Å². The predicted octanol–water partition coefficient (Wildman–Crippen LogP) is 6.45. The number of carboxylic acid groups (broad SMARTS) is 1. The predicted molar refractivity (Wildman–Crippen MR) is 136 cm³/mol. The molecule has 3 aliphatic rings. The molecule has 3 aromatic rings. The molecular weight excluding hydrogens is 452 g/mol. The molecule has 36 heavy (non-hydrogen) atoms. The number of hydrogen-bond acceptors (Lipinski definition) is 5. The summed E-state index contributed by atoms with van der Waals surface area (Å²) in [5.41, 5.74) is 6.42. The van der Waals surface area contributed by atoms with Gasteiger partial charge < -0.3 is 14.5 Å². The minimum Gasteiger partial charge on any atom is -0.465 e. The number of benzene rings is 2. The van der Waals surface area contributed by atoms with E-state index in [1.54, 1.807) is 4.90 Å². The minimum atomic E-state index is -0.889. The lowest BCUT2D eigenvalue weighted by atomic mass is 9.60. The lowest BCUT2D eigenvalue weighted by Gasteiger charge is -2.64. The van der Waals surface area contributed by atoms with Gasteiger partial charge in [0.2, 0.25) is 0 Å². The third-order valence-corrected chi connectivity index (χ3v) is 8.62. The Hall–Kier alpha value is -3.79. The van der Waals surface area contributed by atoms with Crippen LogP contribution in [0, 0.1) is 37.5 Å². The number of amides is 1. The molecule has 3 fully saturated rings. The lowest BCUT2D eigenvalue weighted by Crippen LogP contribution is -2.73. The van der Waals surface area contributed by atoms with Gasteiger partial charge in [0.15, 0.2) is 0 Å². The molecule has 1 unspecified atom stereocenters. The van der Waals surface area contributed by atoms with Crippen molar-refractivity contribution >= 4 is 17.5 Å². The summed E-state index contributed by atoms with van der Waals surface area (Å²) in [6, 6.07) is 17.0. The van der Waals surface area contributed by atoms with Gasteiger partial charge in [-0.3, -0.25) is 4.90 Å². The highest BCUT2D eigenvalue weighted by Gasteiger charge is 2.60. The largest absolute Gasteiger partial charge is 0.465 e. The molecule has 2 aliphatic carbocycles. The Balaban J connectivity index is 1.50. The highest BCUT2D eigenvalue weighted by Crippen LogP contribution is 2.57. The number of anilines is 2. The summed E-state index contributed by atoms with van der Waals surface area (Å²) in [7, 11) is 0. The summed E-state index contributed by atoms with van der Waals surface area (Å²) in [6.07, 6.45) is 3.79. The maximum atomic E-state index is 12.3. The van der Waals surface area contributed by atoms with Crippen molar-refractivity contribution in [1.29, 1.82) is 5.26 Å². The molecule has 1 aliphatic heterocycles. The first-order valence-corrected chi connectivity index (χ1v) is 12.6. The van der Waals surface area contributed by atoms with Crippen molar-refractivity contribution in [3.63, 3.8) is 0 Å². The van der Waals surface area contributed by atoms with E-state index < -0.39 is 6.09 Å². The maximum absolute atomic E-state index is 12.3. The van der Waals surface area contributed by atoms with Crippen LogP contribution < -0.4 is 4.90 Å². The Labute approximate surface area is 210 Å². The monoisotopic (exact) mass is 482 g/mol. The van der Waals surface area contributed by atoms with E-state index in [0.29, 0.717) is 6.54 Å². The molecule has 0 radical (unpaired) electrons. The highest BCUT2D eigenvalue weighted by atomic mass is 16.5. The molecular formula is C29H30N4O3. The number of nitrogens with zero attached hydrogens (tertiary/aromatic N) is 4. The van der Waals surface area contributed by atoms with Crippen molar-refractivity contribution in [2.24, 2.45) is 5.41 Å². The molecule has 2 heterocycles. The average Bonchev–Trinajstić information content (AvgIpc) is 3.55. The van der Waals surface area contributed by atoms with Crippen LogP contribution in [0.2, 0.25) is 0 Å². The van der Waals surface area contributed by atoms with Gasteiger partial charge in [-0.1, -0.05) is 35.8 Å². The van der Waals surface area contributed by atoms with E-state index in [4.69, 9.17) is 4.52 Å². The number of aromatic nitrogens is 1. The van der Waals surface area contributed by atoms with Gasteiger partial charge in [-0.15, -0.1) is 0 Å². The second-order valence-electron chi connectivity index (χ2n) is 10.8. The number of carbonyl (C=O) groups is 1. The number of nitriles is 1. The molecule has 2 saturated carbocycles. The van der Waals surface area contributed by atoms with Crippen LogP contribution in [-0.4, -0.2) is 34.0 Å². The van der Waals surface area contributed by atoms with Gasteiger partial charge in [0.25, 0.3) is 0 Å². The van der Waals surface area contributed by atoms with Gasteiger partial charge in [-0.05, 0) is 81.3 Å². The van der Waals surface area contributed by atoms with Crippen molar-refractivity contribution in [3.8, 4) is 17.2 Å². The van der Waals surface area contributed by atoms with Crippen LogP contribution in [-0.2, 0) is 5.41 Å². The SMILES string of the molecule is Cc1ccc(-c2c(C)noc2C)cc1N(c1ccc(C2(C#N)CC2)cc1)C1N(C(=O)O)CC12CCC2. The number of likely N-dealkylation sites (tertiary alicyclic amines) is 1. The Morgan fingerprint density at radius 1 is 1.14 bits per heavy atom. The van der Waals surface area contributed by atoms with Gasteiger partial charge in [0.05, 0.1) is 17.2 Å². The van der Waals surface area contributed by atoms with Crippen LogP contribution in [0.4, 0.5) is 16.2 Å². The zero-order valence-electron chi connectivity index (χ0n) is 20.9. The first-order chi connectivity index (χ1) is 17.3. The van der Waals surface area contributed by atoms with Gasteiger partial charge >= 0.3 is 6.09 Å². The van der Waals surface area contributed by atoms with Crippen molar-refractivity contribution < 1.29 is 14.4 Å². The van der Waals surface area contributed by atoms with Gasteiger partial charge in [0.1, 0.15) is 11.9 Å². The van der Waals surface area contributed by atoms with Crippen molar-refractivity contribution in [2.75, 3.05) is 11.4 Å². The summed E-state index contributed by atoms with van der Waals surface area (Å²) in [4.78, 5) is 16.1. The van der Waals surface area contributed by atoms with Crippen LogP contribution in [0.25, 0.3) is 11.1 Å². The topological polar surface area (TPSA) is 93.6 Å². The van der Waals surface area contributed by atoms with E-state index in [0.717, 1.165) is 77.2 Å². The van der Waals surface area contributed by atoms with Gasteiger partial charge in [0, 0.05) is 28.9 Å². The summed E-state index contributed by atoms with van der Waals surface area (Å²) in [5.74, 6) is 0.760. The molecule has 2 aromatic carbocycles. The summed E-state index contributed by atoms with van der Waals surface area (Å²) < 4.78 is 5.44. The Morgan fingerprint density at radius 2 is 1.86 bits per heavy atom. The number of hydrogen-bond donors (Lipinski definition) is 1. The molecule has 6 rings (SSSR count). The zero-order chi connectivity index (χ0) is 25.2. The molecule has 1 aromatic heterocycles. The molecule has 1 N–H and O–H groups in total. The standard InChI is InChI=1S/C29H30N4O3/c1-18-5-6-21(25-19(2)31-36-20(25)3)15-24(18)33(26-29(11-4-12-29)17-32(26)27(34)35)23-9-7-22(8-10-23)28(16-30)13-14-28/h5-10,15,26H,4,11-14,17H2,1-3H3,(H,34,35). The number of aryl methyl sites for hydroxylation is 3. The van der Waals surface area contributed by atoms with E-state index >= 15 is 0 Å². The maximum Gasteiger partial charge on any atom is 0.409 e. The molecule has 184 valence electrons. The third kappa shape index (κ3) is 3.24. The third-order valence-electron chi connectivity index (χ3n) is 8.62. The average molecular weight is 483 g/mol. The van der Waals surface area contributed by atoms with E-state index in [-0.39, 0.29) is 17.0 Å². The second kappa shape index (κ2) is 7.86. The Morgan fingerprint density at radius 3 is 2.39 bits per heavy atom. The normalized spacial score (nSPS) is 20.8. The van der Waals surface area contributed by atoms with Crippen molar-refractivity contribution in [3.05, 3.63) is 65.0 Å². The zero-order valence-corrected chi connectivity index (χ0v) is 20.9. The first-order valence-electron chi connectivity index (χ1n) is 12.6. The summed E-state index contributed by atoms with van der Waals surface area (Å²) in [5, 5.41) is 23.9. The fraction of sp³-hybridized carbons (Fsp3) is 0.414. The lowest BCUT2D eigenvalue weighted by molar-refractivity contribution is -0.103. The van der Waals surface area contributed by atoms with Crippen LogP contribution in [0.3, 0.4) is 0 Å².